The number of H-pyrrole nitrogens is 1. The van der Waals surface area contributed by atoms with E-state index in [1.807, 2.05) is 45.0 Å². The highest BCUT2D eigenvalue weighted by molar-refractivity contribution is 7.76. The predicted molar refractivity (Wildman–Crippen MR) is 117 cm³/mol. The first-order valence-electron chi connectivity index (χ1n) is 10.1. The molecule has 3 aromatic rings. The standard InChI is InChI=1S/C20H27N7O2S/c1-4-15-10-14(9-13(3)27(15)30(28)29)22-20-16-6-5-7-21-17(16)11-18(24-20)23-19-8-12(2)25-26-19/h5-8,11,13-15H,4,9-10H2,1-3H3,(H,28,29)(H3,22,23,24,25,26)/p-1/t13-,14-,15+/m1/s1. The first kappa shape index (κ1) is 20.7. The van der Waals surface area contributed by atoms with Crippen LogP contribution in [0.5, 0.6) is 0 Å². The lowest BCUT2D eigenvalue weighted by molar-refractivity contribution is 0.172. The number of piperidine rings is 1. The fraction of sp³-hybridized carbons (Fsp3) is 0.450. The summed E-state index contributed by atoms with van der Waals surface area (Å²) in [6.45, 7) is 5.91. The van der Waals surface area contributed by atoms with E-state index < -0.39 is 11.3 Å². The smallest absolute Gasteiger partial charge is 0.153 e. The molecule has 1 saturated heterocycles. The van der Waals surface area contributed by atoms with Gasteiger partial charge >= 0.3 is 0 Å². The van der Waals surface area contributed by atoms with Gasteiger partial charge in [0, 0.05) is 58.8 Å². The average molecular weight is 429 g/mol. The molecule has 0 bridgehead atoms. The molecule has 0 saturated carbocycles. The van der Waals surface area contributed by atoms with Crippen molar-refractivity contribution < 1.29 is 8.76 Å². The lowest BCUT2D eigenvalue weighted by Crippen LogP contribution is -2.51. The first-order valence-corrected chi connectivity index (χ1v) is 11.2. The molecule has 0 amide bonds. The van der Waals surface area contributed by atoms with Gasteiger partial charge in [-0.3, -0.25) is 14.3 Å². The third kappa shape index (κ3) is 4.30. The third-order valence-corrected chi connectivity index (χ3v) is 6.52. The zero-order valence-corrected chi connectivity index (χ0v) is 18.1. The quantitative estimate of drug-likeness (QED) is 0.515. The highest BCUT2D eigenvalue weighted by Crippen LogP contribution is 2.31. The van der Waals surface area contributed by atoms with Crippen LogP contribution < -0.4 is 10.6 Å². The van der Waals surface area contributed by atoms with Crippen LogP contribution in [0.1, 0.15) is 38.8 Å². The van der Waals surface area contributed by atoms with Gasteiger partial charge in [-0.25, -0.2) is 9.29 Å². The van der Waals surface area contributed by atoms with Crippen molar-refractivity contribution in [2.24, 2.45) is 0 Å². The second-order valence-corrected chi connectivity index (χ2v) is 8.64. The van der Waals surface area contributed by atoms with Gasteiger partial charge in [-0.1, -0.05) is 6.92 Å². The Morgan fingerprint density at radius 3 is 2.87 bits per heavy atom. The predicted octanol–water partition coefficient (Wildman–Crippen LogP) is 3.24. The first-order chi connectivity index (χ1) is 14.4. The number of aryl methyl sites for hydroxylation is 1. The van der Waals surface area contributed by atoms with Crippen molar-refractivity contribution in [3.8, 4) is 0 Å². The second-order valence-electron chi connectivity index (χ2n) is 7.79. The van der Waals surface area contributed by atoms with Crippen LogP contribution in [0.15, 0.2) is 30.5 Å². The van der Waals surface area contributed by atoms with Gasteiger partial charge < -0.3 is 15.2 Å². The summed E-state index contributed by atoms with van der Waals surface area (Å²) in [6.07, 6.45) is 3.97. The van der Waals surface area contributed by atoms with Gasteiger partial charge in [0.15, 0.2) is 5.82 Å². The van der Waals surface area contributed by atoms with Crippen molar-refractivity contribution in [3.05, 3.63) is 36.2 Å². The lowest BCUT2D eigenvalue weighted by atomic mass is 9.93. The molecular weight excluding hydrogens is 402 g/mol. The van der Waals surface area contributed by atoms with E-state index in [0.29, 0.717) is 18.1 Å². The zero-order chi connectivity index (χ0) is 21.3. The van der Waals surface area contributed by atoms with E-state index in [4.69, 9.17) is 4.98 Å². The Morgan fingerprint density at radius 1 is 1.33 bits per heavy atom. The number of aromatic nitrogens is 4. The van der Waals surface area contributed by atoms with E-state index in [-0.39, 0.29) is 18.1 Å². The number of hydrogen-bond donors (Lipinski definition) is 3. The summed E-state index contributed by atoms with van der Waals surface area (Å²) in [4.78, 5) is 9.26. The summed E-state index contributed by atoms with van der Waals surface area (Å²) in [5, 5.41) is 14.8. The van der Waals surface area contributed by atoms with E-state index in [0.717, 1.165) is 35.3 Å². The van der Waals surface area contributed by atoms with Crippen molar-refractivity contribution in [1.29, 1.82) is 0 Å². The monoisotopic (exact) mass is 428 g/mol. The molecule has 10 heteroatoms. The summed E-state index contributed by atoms with van der Waals surface area (Å²) in [7, 11) is 0. The summed E-state index contributed by atoms with van der Waals surface area (Å²) in [5.41, 5.74) is 1.78. The summed E-state index contributed by atoms with van der Waals surface area (Å²) >= 11 is -2.21. The van der Waals surface area contributed by atoms with Crippen LogP contribution in [-0.2, 0) is 11.3 Å². The lowest BCUT2D eigenvalue weighted by Gasteiger charge is -2.44. The molecule has 9 nitrogen and oxygen atoms in total. The molecule has 0 aliphatic carbocycles. The number of nitrogens with one attached hydrogen (secondary N) is 3. The van der Waals surface area contributed by atoms with Crippen LogP contribution in [-0.4, -0.2) is 51.4 Å². The Bertz CT molecular complexity index is 1060. The maximum atomic E-state index is 11.7. The molecule has 160 valence electrons. The molecule has 4 heterocycles. The van der Waals surface area contributed by atoms with Crippen LogP contribution in [0.3, 0.4) is 0 Å². The molecule has 1 unspecified atom stereocenters. The number of pyridine rings is 2. The van der Waals surface area contributed by atoms with E-state index in [1.54, 1.807) is 10.5 Å². The summed E-state index contributed by atoms with van der Waals surface area (Å²) < 4.78 is 24.9. The molecule has 0 spiro atoms. The Morgan fingerprint density at radius 2 is 2.17 bits per heavy atom. The Hall–Kier alpha value is -2.56. The molecule has 1 aliphatic heterocycles. The highest BCUT2D eigenvalue weighted by atomic mass is 32.2. The minimum atomic E-state index is -2.21. The molecule has 0 aromatic carbocycles. The Labute approximate surface area is 178 Å². The summed E-state index contributed by atoms with van der Waals surface area (Å²) in [5.74, 6) is 2.07. The topological polar surface area (TPSA) is 122 Å². The zero-order valence-electron chi connectivity index (χ0n) is 17.3. The minimum Gasteiger partial charge on any atom is -0.760 e. The fourth-order valence-electron chi connectivity index (χ4n) is 4.19. The van der Waals surface area contributed by atoms with Crippen LogP contribution >= 0.6 is 0 Å². The van der Waals surface area contributed by atoms with Gasteiger partial charge in [0.25, 0.3) is 0 Å². The number of rotatable bonds is 6. The SMILES string of the molecule is CC[C@H]1C[C@H](Nc2nc(Nc3cc(C)[nH]n3)cc3ncccc23)C[C@@H](C)N1S(=O)[O-]. The van der Waals surface area contributed by atoms with Crippen molar-refractivity contribution in [1.82, 2.24) is 24.5 Å². The molecular formula is C20H26N7O2S-. The van der Waals surface area contributed by atoms with Gasteiger partial charge in [0.2, 0.25) is 0 Å². The maximum absolute atomic E-state index is 11.7. The molecule has 3 aromatic heterocycles. The van der Waals surface area contributed by atoms with Gasteiger partial charge in [-0.15, -0.1) is 0 Å². The second kappa shape index (κ2) is 8.66. The van der Waals surface area contributed by atoms with Crippen molar-refractivity contribution in [3.63, 3.8) is 0 Å². The van der Waals surface area contributed by atoms with Crippen molar-refractivity contribution in [2.45, 2.75) is 58.2 Å². The van der Waals surface area contributed by atoms with E-state index in [9.17, 15) is 8.76 Å². The van der Waals surface area contributed by atoms with Crippen LogP contribution in [0.25, 0.3) is 10.9 Å². The molecule has 4 atom stereocenters. The summed E-state index contributed by atoms with van der Waals surface area (Å²) in [6, 6.07) is 7.69. The van der Waals surface area contributed by atoms with Crippen LogP contribution in [0, 0.1) is 6.92 Å². The van der Waals surface area contributed by atoms with E-state index >= 15 is 0 Å². The Kier molecular flexibility index (Phi) is 5.98. The molecule has 0 radical (unpaired) electrons. The largest absolute Gasteiger partial charge is 0.760 e. The van der Waals surface area contributed by atoms with E-state index in [2.05, 4.69) is 25.8 Å². The van der Waals surface area contributed by atoms with Crippen molar-refractivity contribution in [2.75, 3.05) is 10.6 Å². The van der Waals surface area contributed by atoms with Gasteiger partial charge in [0.1, 0.15) is 11.6 Å². The normalized spacial score (nSPS) is 23.4. The van der Waals surface area contributed by atoms with Crippen LogP contribution in [0.2, 0.25) is 0 Å². The number of hydrogen-bond acceptors (Lipinski definition) is 7. The van der Waals surface area contributed by atoms with Gasteiger partial charge in [-0.05, 0) is 45.2 Å². The van der Waals surface area contributed by atoms with Gasteiger partial charge in [0.05, 0.1) is 5.52 Å². The number of aromatic amines is 1. The molecule has 1 fully saturated rings. The number of anilines is 3. The Balaban J connectivity index is 1.62. The highest BCUT2D eigenvalue weighted by Gasteiger charge is 2.33. The van der Waals surface area contributed by atoms with E-state index in [1.165, 1.54) is 0 Å². The third-order valence-electron chi connectivity index (χ3n) is 5.52. The molecule has 4 rings (SSSR count). The van der Waals surface area contributed by atoms with Crippen molar-refractivity contribution >= 4 is 39.6 Å². The van der Waals surface area contributed by atoms with Crippen LogP contribution in [0.4, 0.5) is 17.5 Å². The molecule has 1 aliphatic rings. The minimum absolute atomic E-state index is 0.0256. The number of fused-ring (bicyclic) bond motifs is 1. The fourth-order valence-corrected chi connectivity index (χ4v) is 5.05. The van der Waals surface area contributed by atoms with Gasteiger partial charge in [-0.2, -0.15) is 5.10 Å². The number of nitrogens with zero attached hydrogens (tertiary/aromatic N) is 4. The molecule has 30 heavy (non-hydrogen) atoms. The average Bonchev–Trinajstić information content (AvgIpc) is 3.11. The molecule has 3 N–H and O–H groups in total. The maximum Gasteiger partial charge on any atom is 0.153 e.